The monoisotopic (exact) mass is 283 g/mol. The summed E-state index contributed by atoms with van der Waals surface area (Å²) in [6, 6.07) is 4.80. The Morgan fingerprint density at radius 2 is 2.12 bits per heavy atom. The number of benzene rings is 1. The van der Waals surface area contributed by atoms with E-state index in [2.05, 4.69) is 21.0 Å². The summed E-state index contributed by atoms with van der Waals surface area (Å²) in [7, 11) is 1.75. The van der Waals surface area contributed by atoms with Crippen LogP contribution >= 0.6 is 15.9 Å². The van der Waals surface area contributed by atoms with Gasteiger partial charge in [-0.05, 0) is 25.1 Å². The largest absolute Gasteiger partial charge is 0.382 e. The molecule has 0 atom stereocenters. The summed E-state index contributed by atoms with van der Waals surface area (Å²) in [4.78, 5) is 0. The number of hydrogen-bond donors (Lipinski definition) is 1. The normalized spacial score (nSPS) is 10.8. The van der Waals surface area contributed by atoms with E-state index in [4.69, 9.17) is 5.73 Å². The summed E-state index contributed by atoms with van der Waals surface area (Å²) < 4.78 is 16.1. The van der Waals surface area contributed by atoms with E-state index in [0.29, 0.717) is 17.1 Å². The minimum absolute atomic E-state index is 0.283. The zero-order valence-electron chi connectivity index (χ0n) is 8.96. The van der Waals surface area contributed by atoms with Gasteiger partial charge in [-0.15, -0.1) is 0 Å². The second kappa shape index (κ2) is 3.90. The SMILES string of the molecule is Cc1c(N)nn(C)c1-c1cc(Br)ccc1F. The van der Waals surface area contributed by atoms with Crippen LogP contribution in [0.2, 0.25) is 0 Å². The molecule has 1 heterocycles. The fourth-order valence-corrected chi connectivity index (χ4v) is 2.07. The third-order valence-electron chi connectivity index (χ3n) is 2.50. The molecule has 16 heavy (non-hydrogen) atoms. The lowest BCUT2D eigenvalue weighted by atomic mass is 10.1. The highest BCUT2D eigenvalue weighted by molar-refractivity contribution is 9.10. The molecule has 0 aliphatic carbocycles. The lowest BCUT2D eigenvalue weighted by Gasteiger charge is -2.05. The molecule has 2 rings (SSSR count). The minimum atomic E-state index is -0.283. The van der Waals surface area contributed by atoms with Crippen molar-refractivity contribution in [2.75, 3.05) is 5.73 Å². The molecule has 0 fully saturated rings. The van der Waals surface area contributed by atoms with Crippen molar-refractivity contribution in [3.8, 4) is 11.3 Å². The van der Waals surface area contributed by atoms with E-state index in [1.807, 2.05) is 6.92 Å². The van der Waals surface area contributed by atoms with Crippen LogP contribution in [-0.4, -0.2) is 9.78 Å². The Hall–Kier alpha value is -1.36. The number of halogens is 2. The first-order valence-corrected chi connectivity index (χ1v) is 5.54. The molecule has 3 nitrogen and oxygen atoms in total. The van der Waals surface area contributed by atoms with Gasteiger partial charge < -0.3 is 5.73 Å². The summed E-state index contributed by atoms with van der Waals surface area (Å²) in [6.07, 6.45) is 0. The van der Waals surface area contributed by atoms with Crippen LogP contribution in [0.1, 0.15) is 5.56 Å². The maximum absolute atomic E-state index is 13.7. The first-order valence-electron chi connectivity index (χ1n) is 4.75. The second-order valence-corrected chi connectivity index (χ2v) is 4.52. The first-order chi connectivity index (χ1) is 7.50. The third kappa shape index (κ3) is 1.71. The Kier molecular flexibility index (Phi) is 2.71. The smallest absolute Gasteiger partial charge is 0.149 e. The van der Waals surface area contributed by atoms with Gasteiger partial charge in [0.25, 0.3) is 0 Å². The number of nitrogens with two attached hydrogens (primary N) is 1. The Morgan fingerprint density at radius 1 is 1.44 bits per heavy atom. The average Bonchev–Trinajstić information content (AvgIpc) is 2.46. The standard InChI is InChI=1S/C11H11BrFN3/c1-6-10(16(2)15-11(6)14)8-5-7(12)3-4-9(8)13/h3-5H,1-2H3,(H2,14,15). The molecular formula is C11H11BrFN3. The maximum atomic E-state index is 13.7. The fourth-order valence-electron chi connectivity index (χ4n) is 1.71. The van der Waals surface area contributed by atoms with Crippen LogP contribution in [0.3, 0.4) is 0 Å². The van der Waals surface area contributed by atoms with E-state index in [-0.39, 0.29) is 5.82 Å². The summed E-state index contributed by atoms with van der Waals surface area (Å²) >= 11 is 3.32. The number of aromatic nitrogens is 2. The lowest BCUT2D eigenvalue weighted by Crippen LogP contribution is -1.96. The molecular weight excluding hydrogens is 273 g/mol. The van der Waals surface area contributed by atoms with Crippen molar-refractivity contribution in [3.05, 3.63) is 34.1 Å². The van der Waals surface area contributed by atoms with E-state index in [0.717, 1.165) is 10.0 Å². The zero-order chi connectivity index (χ0) is 11.9. The van der Waals surface area contributed by atoms with Crippen LogP contribution in [-0.2, 0) is 7.05 Å². The van der Waals surface area contributed by atoms with Crippen LogP contribution in [0.4, 0.5) is 10.2 Å². The molecule has 0 aliphatic heterocycles. The van der Waals surface area contributed by atoms with E-state index >= 15 is 0 Å². The van der Waals surface area contributed by atoms with Crippen molar-refractivity contribution in [1.29, 1.82) is 0 Å². The highest BCUT2D eigenvalue weighted by Crippen LogP contribution is 2.30. The quantitative estimate of drug-likeness (QED) is 0.875. The van der Waals surface area contributed by atoms with Crippen LogP contribution in [0, 0.1) is 12.7 Å². The molecule has 84 valence electrons. The number of nitrogen functional groups attached to an aromatic ring is 1. The van der Waals surface area contributed by atoms with Gasteiger partial charge in [0.2, 0.25) is 0 Å². The van der Waals surface area contributed by atoms with Crippen molar-refractivity contribution in [2.24, 2.45) is 7.05 Å². The number of rotatable bonds is 1. The van der Waals surface area contributed by atoms with Crippen LogP contribution in [0.5, 0.6) is 0 Å². The maximum Gasteiger partial charge on any atom is 0.149 e. The molecule has 2 aromatic rings. The van der Waals surface area contributed by atoms with Gasteiger partial charge in [-0.25, -0.2) is 4.39 Å². The molecule has 0 saturated heterocycles. The Bertz CT molecular complexity index is 548. The van der Waals surface area contributed by atoms with E-state index in [9.17, 15) is 4.39 Å². The van der Waals surface area contributed by atoms with Crippen molar-refractivity contribution in [1.82, 2.24) is 9.78 Å². The van der Waals surface area contributed by atoms with Crippen LogP contribution in [0.15, 0.2) is 22.7 Å². The van der Waals surface area contributed by atoms with Gasteiger partial charge in [0.15, 0.2) is 0 Å². The highest BCUT2D eigenvalue weighted by Gasteiger charge is 2.15. The van der Waals surface area contributed by atoms with Gasteiger partial charge in [0.1, 0.15) is 11.6 Å². The molecule has 1 aromatic carbocycles. The molecule has 0 aliphatic rings. The third-order valence-corrected chi connectivity index (χ3v) is 3.00. The summed E-state index contributed by atoms with van der Waals surface area (Å²) in [5.41, 5.74) is 7.70. The molecule has 0 bridgehead atoms. The second-order valence-electron chi connectivity index (χ2n) is 3.61. The van der Waals surface area contributed by atoms with Crippen LogP contribution < -0.4 is 5.73 Å². The molecule has 0 radical (unpaired) electrons. The summed E-state index contributed by atoms with van der Waals surface area (Å²) in [5.74, 6) is 0.145. The molecule has 0 unspecified atom stereocenters. The topological polar surface area (TPSA) is 43.8 Å². The van der Waals surface area contributed by atoms with Gasteiger partial charge in [0, 0.05) is 22.6 Å². The van der Waals surface area contributed by atoms with Gasteiger partial charge in [-0.2, -0.15) is 5.10 Å². The van der Waals surface area contributed by atoms with Crippen molar-refractivity contribution in [3.63, 3.8) is 0 Å². The van der Waals surface area contributed by atoms with E-state index < -0.39 is 0 Å². The number of hydrogen-bond acceptors (Lipinski definition) is 2. The Morgan fingerprint density at radius 3 is 2.69 bits per heavy atom. The number of aryl methyl sites for hydroxylation is 1. The van der Waals surface area contributed by atoms with Gasteiger partial charge >= 0.3 is 0 Å². The minimum Gasteiger partial charge on any atom is -0.382 e. The van der Waals surface area contributed by atoms with Gasteiger partial charge in [0.05, 0.1) is 5.69 Å². The predicted octanol–water partition coefficient (Wildman–Crippen LogP) is 2.88. The average molecular weight is 284 g/mol. The molecule has 0 saturated carbocycles. The highest BCUT2D eigenvalue weighted by atomic mass is 79.9. The first kappa shape index (κ1) is 11.1. The zero-order valence-corrected chi connectivity index (χ0v) is 10.5. The summed E-state index contributed by atoms with van der Waals surface area (Å²) in [6.45, 7) is 1.83. The number of nitrogens with zero attached hydrogens (tertiary/aromatic N) is 2. The van der Waals surface area contributed by atoms with Crippen LogP contribution in [0.25, 0.3) is 11.3 Å². The molecule has 0 amide bonds. The van der Waals surface area contributed by atoms with E-state index in [1.165, 1.54) is 6.07 Å². The lowest BCUT2D eigenvalue weighted by molar-refractivity contribution is 0.627. The van der Waals surface area contributed by atoms with Gasteiger partial charge in [-0.3, -0.25) is 4.68 Å². The molecule has 1 aromatic heterocycles. The number of anilines is 1. The molecule has 5 heteroatoms. The Balaban J connectivity index is 2.71. The van der Waals surface area contributed by atoms with Crippen molar-refractivity contribution in [2.45, 2.75) is 6.92 Å². The summed E-state index contributed by atoms with van der Waals surface area (Å²) in [5, 5.41) is 4.07. The van der Waals surface area contributed by atoms with Crippen molar-refractivity contribution >= 4 is 21.7 Å². The Labute approximate surface area is 101 Å². The van der Waals surface area contributed by atoms with Gasteiger partial charge in [-0.1, -0.05) is 15.9 Å². The fraction of sp³-hybridized carbons (Fsp3) is 0.182. The molecule has 2 N–H and O–H groups in total. The molecule has 0 spiro atoms. The van der Waals surface area contributed by atoms with E-state index in [1.54, 1.807) is 23.9 Å². The van der Waals surface area contributed by atoms with Crippen molar-refractivity contribution < 1.29 is 4.39 Å². The predicted molar refractivity (Wildman–Crippen MR) is 65.5 cm³/mol.